The van der Waals surface area contributed by atoms with Crippen LogP contribution in [-0.4, -0.2) is 26.7 Å². The van der Waals surface area contributed by atoms with Crippen molar-refractivity contribution in [2.24, 2.45) is 0 Å². The van der Waals surface area contributed by atoms with Gasteiger partial charge in [0.25, 0.3) is 5.91 Å². The van der Waals surface area contributed by atoms with Gasteiger partial charge in [-0.25, -0.2) is 9.97 Å². The van der Waals surface area contributed by atoms with E-state index in [1.807, 2.05) is 71.7 Å². The first-order valence-corrected chi connectivity index (χ1v) is 10.1. The fraction of sp³-hybridized carbons (Fsp3) is 0.105. The van der Waals surface area contributed by atoms with Gasteiger partial charge in [0.15, 0.2) is 16.1 Å². The van der Waals surface area contributed by atoms with Crippen LogP contribution in [-0.2, 0) is 0 Å². The number of fused-ring (bicyclic) bond motifs is 1. The Hall–Kier alpha value is -2.64. The first-order valence-electron chi connectivity index (χ1n) is 8.01. The number of anilines is 1. The summed E-state index contributed by atoms with van der Waals surface area (Å²) in [7, 11) is 0. The quantitative estimate of drug-likeness (QED) is 0.518. The molecule has 4 rings (SSSR count). The topological polar surface area (TPSA) is 59.8 Å². The van der Waals surface area contributed by atoms with Gasteiger partial charge in [0, 0.05) is 10.9 Å². The number of thiazole rings is 1. The van der Waals surface area contributed by atoms with Crippen LogP contribution in [0.4, 0.5) is 5.13 Å². The number of aryl methyl sites for hydroxylation is 1. The second-order valence-electron chi connectivity index (χ2n) is 5.75. The molecule has 0 radical (unpaired) electrons. The molecular weight excluding hydrogens is 364 g/mol. The van der Waals surface area contributed by atoms with Crippen LogP contribution < -0.4 is 5.32 Å². The molecule has 0 aliphatic carbocycles. The number of nitrogens with one attached hydrogen (secondary N) is 1. The van der Waals surface area contributed by atoms with Crippen LogP contribution in [0.25, 0.3) is 16.9 Å². The van der Waals surface area contributed by atoms with Gasteiger partial charge in [-0.05, 0) is 37.4 Å². The summed E-state index contributed by atoms with van der Waals surface area (Å²) in [5.41, 5.74) is 3.66. The lowest BCUT2D eigenvalue weighted by Gasteiger charge is -2.04. The molecule has 0 atom stereocenters. The molecule has 0 fully saturated rings. The van der Waals surface area contributed by atoms with Crippen molar-refractivity contribution in [3.05, 3.63) is 65.0 Å². The van der Waals surface area contributed by atoms with E-state index in [0.29, 0.717) is 10.7 Å². The van der Waals surface area contributed by atoms with Crippen LogP contribution in [0.2, 0.25) is 0 Å². The van der Waals surface area contributed by atoms with E-state index in [-0.39, 0.29) is 5.91 Å². The average molecular weight is 380 g/mol. The second-order valence-corrected chi connectivity index (χ2v) is 7.39. The highest BCUT2D eigenvalue weighted by molar-refractivity contribution is 7.98. The maximum atomic E-state index is 12.4. The van der Waals surface area contributed by atoms with Crippen LogP contribution >= 0.6 is 23.1 Å². The number of aromatic nitrogens is 3. The Morgan fingerprint density at radius 2 is 1.88 bits per heavy atom. The monoisotopic (exact) mass is 380 g/mol. The van der Waals surface area contributed by atoms with Gasteiger partial charge in [0.05, 0.1) is 11.0 Å². The molecule has 7 heteroatoms. The third-order valence-electron chi connectivity index (χ3n) is 3.97. The Labute approximate surface area is 159 Å². The number of nitrogens with zero attached hydrogens (tertiary/aromatic N) is 3. The van der Waals surface area contributed by atoms with Crippen molar-refractivity contribution < 1.29 is 4.79 Å². The highest BCUT2D eigenvalue weighted by Crippen LogP contribution is 2.28. The number of carbonyl (C=O) groups excluding carboxylic acids is 1. The highest BCUT2D eigenvalue weighted by Gasteiger charge is 2.15. The molecule has 0 bridgehead atoms. The molecule has 0 aliphatic heterocycles. The van der Waals surface area contributed by atoms with Gasteiger partial charge in [0.2, 0.25) is 0 Å². The number of benzene rings is 2. The molecule has 5 nitrogen and oxygen atoms in total. The zero-order valence-electron chi connectivity index (χ0n) is 14.3. The summed E-state index contributed by atoms with van der Waals surface area (Å²) in [6.45, 7) is 1.99. The fourth-order valence-corrected chi connectivity index (χ4v) is 3.90. The van der Waals surface area contributed by atoms with Crippen LogP contribution in [0.1, 0.15) is 15.9 Å². The number of carbonyl (C=O) groups is 1. The lowest BCUT2D eigenvalue weighted by atomic mass is 10.1. The van der Waals surface area contributed by atoms with E-state index < -0.39 is 0 Å². The smallest absolute Gasteiger partial charge is 0.257 e. The van der Waals surface area contributed by atoms with E-state index in [1.54, 1.807) is 11.8 Å². The van der Waals surface area contributed by atoms with E-state index >= 15 is 0 Å². The molecule has 0 unspecified atom stereocenters. The van der Waals surface area contributed by atoms with Gasteiger partial charge >= 0.3 is 0 Å². The number of para-hydroxylation sites is 2. The summed E-state index contributed by atoms with van der Waals surface area (Å²) in [6.07, 6.45) is 1.99. The Kier molecular flexibility index (Phi) is 4.48. The molecule has 0 spiro atoms. The highest BCUT2D eigenvalue weighted by atomic mass is 32.2. The molecule has 130 valence electrons. The minimum Gasteiger partial charge on any atom is -0.298 e. The SMILES string of the molecule is CSc1nc2ccccc2n1-c1csc(NC(=O)c2ccc(C)cc2)n1. The van der Waals surface area contributed by atoms with E-state index in [1.165, 1.54) is 11.3 Å². The van der Waals surface area contributed by atoms with Crippen molar-refractivity contribution in [3.63, 3.8) is 0 Å². The molecule has 1 N–H and O–H groups in total. The van der Waals surface area contributed by atoms with Crippen molar-refractivity contribution in [3.8, 4) is 5.82 Å². The zero-order chi connectivity index (χ0) is 18.1. The van der Waals surface area contributed by atoms with Crippen molar-refractivity contribution in [1.82, 2.24) is 14.5 Å². The number of hydrogen-bond acceptors (Lipinski definition) is 5. The fourth-order valence-electron chi connectivity index (χ4n) is 2.66. The van der Waals surface area contributed by atoms with Crippen molar-refractivity contribution in [2.75, 3.05) is 11.6 Å². The molecule has 1 amide bonds. The number of thioether (sulfide) groups is 1. The van der Waals surface area contributed by atoms with E-state index in [4.69, 9.17) is 0 Å². The number of imidazole rings is 1. The summed E-state index contributed by atoms with van der Waals surface area (Å²) < 4.78 is 2.01. The van der Waals surface area contributed by atoms with Gasteiger partial charge in [-0.3, -0.25) is 14.7 Å². The van der Waals surface area contributed by atoms with Crippen molar-refractivity contribution >= 4 is 45.2 Å². The van der Waals surface area contributed by atoms with Gasteiger partial charge in [0.1, 0.15) is 0 Å². The average Bonchev–Trinajstić information content (AvgIpc) is 3.25. The Bertz CT molecular complexity index is 1080. The lowest BCUT2D eigenvalue weighted by Crippen LogP contribution is -2.11. The first kappa shape index (κ1) is 16.8. The standard InChI is InChI=1S/C19H16N4OS2/c1-12-7-9-13(10-8-12)17(24)22-18-21-16(11-26-18)23-15-6-4-3-5-14(15)20-19(23)25-2/h3-11H,1-2H3,(H,21,22,24). The van der Waals surface area contributed by atoms with Crippen LogP contribution in [0.5, 0.6) is 0 Å². The van der Waals surface area contributed by atoms with Gasteiger partial charge < -0.3 is 0 Å². The molecule has 2 aromatic heterocycles. The number of hydrogen-bond donors (Lipinski definition) is 1. The first-order chi connectivity index (χ1) is 12.7. The third kappa shape index (κ3) is 3.11. The molecular formula is C19H16N4OS2. The molecule has 0 saturated carbocycles. The van der Waals surface area contributed by atoms with Crippen molar-refractivity contribution in [2.45, 2.75) is 12.1 Å². The summed E-state index contributed by atoms with van der Waals surface area (Å²) in [5.74, 6) is 0.596. The Morgan fingerprint density at radius 3 is 2.65 bits per heavy atom. The maximum Gasteiger partial charge on any atom is 0.257 e. The van der Waals surface area contributed by atoms with Gasteiger partial charge in [-0.1, -0.05) is 41.6 Å². The summed E-state index contributed by atoms with van der Waals surface area (Å²) in [5, 5.41) is 6.24. The zero-order valence-corrected chi connectivity index (χ0v) is 15.9. The molecule has 4 aromatic rings. The van der Waals surface area contributed by atoms with Gasteiger partial charge in [-0.2, -0.15) is 0 Å². The number of amides is 1. The lowest BCUT2D eigenvalue weighted by molar-refractivity contribution is 0.102. The molecule has 0 aliphatic rings. The van der Waals surface area contributed by atoms with E-state index in [0.717, 1.165) is 27.6 Å². The Balaban J connectivity index is 1.64. The molecule has 2 heterocycles. The summed E-state index contributed by atoms with van der Waals surface area (Å²) in [4.78, 5) is 21.6. The molecule has 26 heavy (non-hydrogen) atoms. The van der Waals surface area contributed by atoms with E-state index in [2.05, 4.69) is 15.3 Å². The third-order valence-corrected chi connectivity index (χ3v) is 5.35. The summed E-state index contributed by atoms with van der Waals surface area (Å²) >= 11 is 2.97. The minimum atomic E-state index is -0.161. The minimum absolute atomic E-state index is 0.161. The maximum absolute atomic E-state index is 12.4. The van der Waals surface area contributed by atoms with Crippen LogP contribution in [0, 0.1) is 6.92 Å². The molecule has 2 aromatic carbocycles. The summed E-state index contributed by atoms with van der Waals surface area (Å²) in [6, 6.07) is 15.4. The van der Waals surface area contributed by atoms with Crippen molar-refractivity contribution in [1.29, 1.82) is 0 Å². The van der Waals surface area contributed by atoms with Crippen LogP contribution in [0.15, 0.2) is 59.1 Å². The molecule has 0 saturated heterocycles. The second kappa shape index (κ2) is 6.93. The Morgan fingerprint density at radius 1 is 1.12 bits per heavy atom. The predicted octanol–water partition coefficient (Wildman–Crippen LogP) is 4.76. The van der Waals surface area contributed by atoms with Gasteiger partial charge in [-0.15, -0.1) is 11.3 Å². The van der Waals surface area contributed by atoms with Crippen LogP contribution in [0.3, 0.4) is 0 Å². The number of rotatable bonds is 4. The normalized spacial score (nSPS) is 11.0. The largest absolute Gasteiger partial charge is 0.298 e. The predicted molar refractivity (Wildman–Crippen MR) is 108 cm³/mol. The van der Waals surface area contributed by atoms with E-state index in [9.17, 15) is 4.79 Å².